The molecule has 1 unspecified atom stereocenters. The van der Waals surface area contributed by atoms with Crippen LogP contribution in [0.2, 0.25) is 0 Å². The molecule has 0 aromatic rings. The number of hydrogen-bond acceptors (Lipinski definition) is 2. The zero-order chi connectivity index (χ0) is 10.7. The van der Waals surface area contributed by atoms with E-state index in [1.165, 1.54) is 0 Å². The van der Waals surface area contributed by atoms with Crippen LogP contribution in [0, 0.1) is 11.8 Å². The lowest BCUT2D eigenvalue weighted by molar-refractivity contribution is -0.109. The lowest BCUT2D eigenvalue weighted by Gasteiger charge is -2.19. The Kier molecular flexibility index (Phi) is 13.1. The Balaban J connectivity index is 0. The van der Waals surface area contributed by atoms with Gasteiger partial charge in [-0.05, 0) is 25.4 Å². The van der Waals surface area contributed by atoms with Crippen molar-refractivity contribution in [3.63, 3.8) is 0 Å². The molecule has 0 aromatic carbocycles. The molecule has 2 N–H and O–H groups in total. The molecule has 0 saturated carbocycles. The van der Waals surface area contributed by atoms with E-state index in [2.05, 4.69) is 24.5 Å². The monoisotopic (exact) mass is 188 g/mol. The van der Waals surface area contributed by atoms with Crippen LogP contribution in [0.4, 0.5) is 0 Å². The van der Waals surface area contributed by atoms with Crippen LogP contribution in [0.1, 0.15) is 27.7 Å². The minimum atomic E-state index is 0.533. The first-order valence-electron chi connectivity index (χ1n) is 5.04. The predicted octanol–water partition coefficient (Wildman–Crippen LogP) is 1.25. The second kappa shape index (κ2) is 11.4. The Bertz CT molecular complexity index is 105. The molecule has 0 saturated heterocycles. The van der Waals surface area contributed by atoms with Gasteiger partial charge < -0.3 is 10.6 Å². The Hall–Kier alpha value is -0.570. The van der Waals surface area contributed by atoms with Crippen molar-refractivity contribution in [3.05, 3.63) is 0 Å². The van der Waals surface area contributed by atoms with Crippen molar-refractivity contribution in [1.29, 1.82) is 0 Å². The smallest absolute Gasteiger partial charge is 0.207 e. The first-order chi connectivity index (χ1) is 6.22. The van der Waals surface area contributed by atoms with E-state index in [1.54, 1.807) is 0 Å². The van der Waals surface area contributed by atoms with E-state index in [4.69, 9.17) is 0 Å². The molecule has 0 fully saturated rings. The average molecular weight is 188 g/mol. The van der Waals surface area contributed by atoms with Gasteiger partial charge in [-0.25, -0.2) is 0 Å². The fourth-order valence-corrected chi connectivity index (χ4v) is 1.01. The summed E-state index contributed by atoms with van der Waals surface area (Å²) in [7, 11) is 1.93. The van der Waals surface area contributed by atoms with Crippen molar-refractivity contribution in [2.24, 2.45) is 11.8 Å². The van der Waals surface area contributed by atoms with Gasteiger partial charge in [0.05, 0.1) is 0 Å². The Morgan fingerprint density at radius 1 is 1.23 bits per heavy atom. The highest BCUT2D eigenvalue weighted by Gasteiger charge is 2.10. The van der Waals surface area contributed by atoms with Crippen LogP contribution >= 0.6 is 0 Å². The average Bonchev–Trinajstić information content (AvgIpc) is 2.15. The number of rotatable bonds is 6. The van der Waals surface area contributed by atoms with Crippen LogP contribution in [-0.2, 0) is 4.79 Å². The summed E-state index contributed by atoms with van der Waals surface area (Å²) in [6.45, 7) is 10.0. The lowest BCUT2D eigenvalue weighted by Crippen LogP contribution is -2.32. The topological polar surface area (TPSA) is 41.1 Å². The summed E-state index contributed by atoms with van der Waals surface area (Å²) in [4.78, 5) is 10.0. The zero-order valence-corrected chi connectivity index (χ0v) is 9.55. The quantitative estimate of drug-likeness (QED) is 0.616. The third-order valence-electron chi connectivity index (χ3n) is 1.87. The maximum absolute atomic E-state index is 10.0. The minimum absolute atomic E-state index is 0.533. The molecule has 0 aliphatic heterocycles. The van der Waals surface area contributed by atoms with Gasteiger partial charge in [-0.2, -0.15) is 0 Å². The summed E-state index contributed by atoms with van der Waals surface area (Å²) in [5.74, 6) is 1.14. The van der Waals surface area contributed by atoms with E-state index in [9.17, 15) is 4.79 Å². The van der Waals surface area contributed by atoms with Crippen molar-refractivity contribution in [2.45, 2.75) is 27.7 Å². The maximum Gasteiger partial charge on any atom is 0.207 e. The third kappa shape index (κ3) is 9.34. The van der Waals surface area contributed by atoms with E-state index < -0.39 is 0 Å². The fraction of sp³-hybridized carbons (Fsp3) is 0.900. The van der Waals surface area contributed by atoms with Crippen LogP contribution in [0.3, 0.4) is 0 Å². The largest absolute Gasteiger partial charge is 0.358 e. The zero-order valence-electron chi connectivity index (χ0n) is 9.55. The van der Waals surface area contributed by atoms with Crippen molar-refractivity contribution < 1.29 is 4.79 Å². The number of carbonyl (C=O) groups excluding carboxylic acids is 1. The third-order valence-corrected chi connectivity index (χ3v) is 1.87. The van der Waals surface area contributed by atoms with Crippen LogP contribution in [0.5, 0.6) is 0 Å². The molecule has 0 heterocycles. The molecule has 0 aliphatic carbocycles. The molecule has 13 heavy (non-hydrogen) atoms. The number of nitrogens with one attached hydrogen (secondary N) is 2. The van der Waals surface area contributed by atoms with Crippen LogP contribution in [0.15, 0.2) is 0 Å². The lowest BCUT2D eigenvalue weighted by atomic mass is 9.96. The van der Waals surface area contributed by atoms with Crippen LogP contribution in [-0.4, -0.2) is 26.5 Å². The summed E-state index contributed by atoms with van der Waals surface area (Å²) in [5.41, 5.74) is 0. The van der Waals surface area contributed by atoms with E-state index in [0.717, 1.165) is 19.5 Å². The minimum Gasteiger partial charge on any atom is -0.358 e. The molecule has 0 rings (SSSR count). The maximum atomic E-state index is 10.0. The number of amides is 1. The molecule has 0 bridgehead atoms. The summed E-state index contributed by atoms with van der Waals surface area (Å²) in [5, 5.41) is 5.80. The Labute approximate surface area is 82.3 Å². The Morgan fingerprint density at radius 2 is 1.77 bits per heavy atom. The number of carbonyl (C=O) groups is 1. The Morgan fingerprint density at radius 3 is 2.08 bits per heavy atom. The summed E-state index contributed by atoms with van der Waals surface area (Å²) < 4.78 is 0. The van der Waals surface area contributed by atoms with Crippen LogP contribution < -0.4 is 10.6 Å². The molecule has 0 spiro atoms. The van der Waals surface area contributed by atoms with Gasteiger partial charge in [0.1, 0.15) is 0 Å². The van der Waals surface area contributed by atoms with E-state index >= 15 is 0 Å². The van der Waals surface area contributed by atoms with Crippen molar-refractivity contribution in [1.82, 2.24) is 10.6 Å². The van der Waals surface area contributed by atoms with Crippen LogP contribution in [0.25, 0.3) is 0 Å². The fourth-order valence-electron chi connectivity index (χ4n) is 1.01. The molecular formula is C10H24N2O. The van der Waals surface area contributed by atoms with E-state index in [-0.39, 0.29) is 0 Å². The molecular weight excluding hydrogens is 164 g/mol. The van der Waals surface area contributed by atoms with Gasteiger partial charge >= 0.3 is 0 Å². The molecule has 1 amide bonds. The molecule has 1 atom stereocenters. The molecule has 3 nitrogen and oxygen atoms in total. The number of hydrogen-bond donors (Lipinski definition) is 2. The normalized spacial score (nSPS) is 11.5. The highest BCUT2D eigenvalue weighted by Crippen LogP contribution is 2.07. The molecule has 0 aromatic heterocycles. The second-order valence-electron chi connectivity index (χ2n) is 3.09. The second-order valence-corrected chi connectivity index (χ2v) is 3.09. The van der Waals surface area contributed by atoms with Crippen molar-refractivity contribution in [3.8, 4) is 0 Å². The first kappa shape index (κ1) is 14.9. The van der Waals surface area contributed by atoms with Gasteiger partial charge in [0.15, 0.2) is 0 Å². The molecule has 80 valence electrons. The standard InChI is InChI=1S/C8H18N2O.C2H6/c1-7(2)8(4-9-3)5-10-6-11;1-2/h6-9H,4-5H2,1-3H3,(H,10,11);1-2H3. The van der Waals surface area contributed by atoms with Gasteiger partial charge in [-0.1, -0.05) is 27.7 Å². The first-order valence-corrected chi connectivity index (χ1v) is 5.04. The van der Waals surface area contributed by atoms with Crippen molar-refractivity contribution in [2.75, 3.05) is 20.1 Å². The van der Waals surface area contributed by atoms with Gasteiger partial charge in [-0.15, -0.1) is 0 Å². The van der Waals surface area contributed by atoms with Gasteiger partial charge in [0, 0.05) is 6.54 Å². The van der Waals surface area contributed by atoms with E-state index in [0.29, 0.717) is 11.8 Å². The molecule has 0 radical (unpaired) electrons. The van der Waals surface area contributed by atoms with Gasteiger partial charge in [-0.3, -0.25) is 4.79 Å². The summed E-state index contributed by atoms with van der Waals surface area (Å²) in [6.07, 6.45) is 0.755. The van der Waals surface area contributed by atoms with Gasteiger partial charge in [0.25, 0.3) is 0 Å². The molecule has 3 heteroatoms. The van der Waals surface area contributed by atoms with Gasteiger partial charge in [0.2, 0.25) is 6.41 Å². The molecule has 0 aliphatic rings. The predicted molar refractivity (Wildman–Crippen MR) is 57.7 cm³/mol. The SMILES string of the molecule is CC.CNCC(CNC=O)C(C)C. The van der Waals surface area contributed by atoms with Crippen molar-refractivity contribution >= 4 is 6.41 Å². The highest BCUT2D eigenvalue weighted by molar-refractivity contribution is 5.45. The highest BCUT2D eigenvalue weighted by atomic mass is 16.1. The van der Waals surface area contributed by atoms with E-state index in [1.807, 2.05) is 20.9 Å². The summed E-state index contributed by atoms with van der Waals surface area (Å²) in [6, 6.07) is 0. The summed E-state index contributed by atoms with van der Waals surface area (Å²) >= 11 is 0.